The number of carbonyl (C=O) groups excluding carboxylic acids is 1. The minimum absolute atomic E-state index is 0. The first-order valence-corrected chi connectivity index (χ1v) is 6.12. The first-order chi connectivity index (χ1) is 11.5. The van der Waals surface area contributed by atoms with Crippen LogP contribution in [0, 0.1) is 0 Å². The van der Waals surface area contributed by atoms with Crippen molar-refractivity contribution in [1.29, 1.82) is 0 Å². The molecule has 1 aromatic carbocycles. The van der Waals surface area contributed by atoms with E-state index < -0.39 is 47.0 Å². The molecule has 0 aromatic heterocycles. The second kappa shape index (κ2) is 8.06. The van der Waals surface area contributed by atoms with Crippen LogP contribution < -0.4 is 39.1 Å². The van der Waals surface area contributed by atoms with Gasteiger partial charge in [0, 0.05) is 13.9 Å². The second-order valence-corrected chi connectivity index (χ2v) is 4.37. The van der Waals surface area contributed by atoms with Crippen LogP contribution in [0.2, 0.25) is 5.02 Å². The number of nitrogens with one attached hydrogen (secondary N) is 1. The van der Waals surface area contributed by atoms with E-state index in [2.05, 4.69) is 8.92 Å². The van der Waals surface area contributed by atoms with Crippen molar-refractivity contribution in [3.8, 4) is 5.75 Å². The van der Waals surface area contributed by atoms with Crippen molar-refractivity contribution in [3.63, 3.8) is 0 Å². The molecule has 1 rings (SSSR count). The van der Waals surface area contributed by atoms with E-state index in [0.29, 0.717) is 0 Å². The predicted molar refractivity (Wildman–Crippen MR) is 67.0 cm³/mol. The van der Waals surface area contributed by atoms with Crippen molar-refractivity contribution < 1.29 is 65.8 Å². The Hall–Kier alpha value is -0.510. The normalized spacial score (nSPS) is 17.6. The van der Waals surface area contributed by atoms with E-state index in [9.17, 15) is 17.8 Å². The van der Waals surface area contributed by atoms with Crippen LogP contribution in [0.15, 0.2) is 18.2 Å². The Morgan fingerprint density at radius 2 is 2.20 bits per heavy atom. The van der Waals surface area contributed by atoms with E-state index in [-0.39, 0.29) is 35.2 Å². The molecule has 10 heteroatoms. The molecule has 1 aromatic rings. The molecule has 0 saturated heterocycles. The van der Waals surface area contributed by atoms with E-state index in [4.69, 9.17) is 21.2 Å². The Morgan fingerprint density at radius 1 is 1.55 bits per heavy atom. The minimum Gasteiger partial charge on any atom is -0.716 e. The smallest absolute Gasteiger partial charge is 0.716 e. The monoisotopic (exact) mass is 338 g/mol. The van der Waals surface area contributed by atoms with Crippen LogP contribution in [0.4, 0.5) is 10.5 Å². The van der Waals surface area contributed by atoms with Gasteiger partial charge in [-0.3, -0.25) is 5.32 Å². The van der Waals surface area contributed by atoms with E-state index >= 15 is 0 Å². The molecule has 0 heterocycles. The molecule has 0 aliphatic heterocycles. The summed E-state index contributed by atoms with van der Waals surface area (Å²) < 4.78 is 90.1. The Kier molecular flexibility index (Phi) is 4.13. The van der Waals surface area contributed by atoms with Gasteiger partial charge >= 0.3 is 35.7 Å². The van der Waals surface area contributed by atoms with E-state index in [1.165, 1.54) is 0 Å². The van der Waals surface area contributed by atoms with Gasteiger partial charge in [0.15, 0.2) is 5.75 Å². The Bertz CT molecular complexity index is 786. The molecule has 20 heavy (non-hydrogen) atoms. The Balaban J connectivity index is 0.00000676. The first-order valence-electron chi connectivity index (χ1n) is 7.91. The fraction of sp³-hybridized carbons (Fsp3) is 0.300. The van der Waals surface area contributed by atoms with Crippen molar-refractivity contribution in [2.45, 2.75) is 19.8 Å². The van der Waals surface area contributed by atoms with E-state index in [1.807, 2.05) is 5.32 Å². The van der Waals surface area contributed by atoms with Gasteiger partial charge in [-0.1, -0.05) is 11.6 Å². The summed E-state index contributed by atoms with van der Waals surface area (Å²) in [6, 6.07) is 2.82. The van der Waals surface area contributed by atoms with Crippen LogP contribution in [-0.2, 0) is 15.1 Å². The zero-order valence-electron chi connectivity index (χ0n) is 17.0. The molecule has 1 N–H and O–H groups in total. The summed E-state index contributed by atoms with van der Waals surface area (Å²) in [4.78, 5) is 11.8. The minimum atomic E-state index is -5.09. The number of carbonyl (C=O) groups is 1. The summed E-state index contributed by atoms with van der Waals surface area (Å²) in [5.41, 5.74) is -0.186. The molecule has 0 saturated carbocycles. The maximum Gasteiger partial charge on any atom is 1.00 e. The average molecular weight is 339 g/mol. The molecule has 106 valence electrons. The van der Waals surface area contributed by atoms with Crippen molar-refractivity contribution in [1.82, 2.24) is 0 Å². The molecule has 0 fully saturated rings. The second-order valence-electron chi connectivity index (χ2n) is 2.98. The summed E-state index contributed by atoms with van der Waals surface area (Å²) in [7, 11) is -5.09. The SMILES string of the molecule is [2H]C([2H])([2H])C([2H])(OC(=O)Nc1ccc(OS(=O)(=O)[O-])c(Cl)c1)C([2H])([2H])[2H].[Na+]. The Labute approximate surface area is 153 Å². The summed E-state index contributed by atoms with van der Waals surface area (Å²) in [5.74, 6) is -0.541. The summed E-state index contributed by atoms with van der Waals surface area (Å²) >= 11 is 5.66. The largest absolute Gasteiger partial charge is 1.00 e. The average Bonchev–Trinajstić information content (AvgIpc) is 2.37. The van der Waals surface area contributed by atoms with Crippen LogP contribution in [0.3, 0.4) is 0 Å². The van der Waals surface area contributed by atoms with Crippen LogP contribution in [0.1, 0.15) is 23.3 Å². The number of ether oxygens (including phenoxy) is 1. The van der Waals surface area contributed by atoms with Crippen molar-refractivity contribution in [2.24, 2.45) is 0 Å². The van der Waals surface area contributed by atoms with Crippen LogP contribution in [0.25, 0.3) is 0 Å². The number of hydrogen-bond donors (Lipinski definition) is 1. The number of amides is 1. The zero-order chi connectivity index (χ0) is 20.6. The molecule has 1 amide bonds. The molecule has 0 radical (unpaired) electrons. The number of benzene rings is 1. The number of rotatable bonds is 4. The molecular formula is C10H11ClNNaO6S. The van der Waals surface area contributed by atoms with Gasteiger partial charge in [0.1, 0.15) is 0 Å². The van der Waals surface area contributed by atoms with Crippen LogP contribution in [-0.4, -0.2) is 25.1 Å². The first kappa shape index (κ1) is 10.3. The van der Waals surface area contributed by atoms with Crippen molar-refractivity contribution in [3.05, 3.63) is 23.2 Å². The zero-order valence-corrected chi connectivity index (χ0v) is 13.5. The topological polar surface area (TPSA) is 105 Å². The van der Waals surface area contributed by atoms with E-state index in [0.717, 1.165) is 18.2 Å². The van der Waals surface area contributed by atoms with Gasteiger partial charge in [0.25, 0.3) is 10.4 Å². The molecule has 7 nitrogen and oxygen atoms in total. The summed E-state index contributed by atoms with van der Waals surface area (Å²) in [5, 5.41) is 1.51. The molecule has 0 unspecified atom stereocenters. The van der Waals surface area contributed by atoms with Gasteiger partial charge in [0.05, 0.1) is 12.5 Å². The van der Waals surface area contributed by atoms with Crippen LogP contribution in [0.5, 0.6) is 5.75 Å². The molecular weight excluding hydrogens is 321 g/mol. The fourth-order valence-electron chi connectivity index (χ4n) is 0.992. The molecule has 0 atom stereocenters. The maximum atomic E-state index is 11.8. The standard InChI is InChI=1S/C10H12ClNO6S.Na/c1-6(2)17-10(13)12-7-3-4-9(8(11)5-7)18-19(14,15)16;/h3-6H,1-2H3,(H,12,13)(H,14,15,16);/q;+1/p-1/i1D3,2D3,6D;. The van der Waals surface area contributed by atoms with Gasteiger partial charge < -0.3 is 13.5 Å². The van der Waals surface area contributed by atoms with E-state index in [1.54, 1.807) is 0 Å². The number of halogens is 1. The van der Waals surface area contributed by atoms with Crippen molar-refractivity contribution >= 4 is 33.8 Å². The third-order valence-corrected chi connectivity index (χ3v) is 2.24. The molecule has 0 bridgehead atoms. The third-order valence-electron chi connectivity index (χ3n) is 1.56. The third kappa shape index (κ3) is 7.32. The number of anilines is 1. The fourth-order valence-corrected chi connectivity index (χ4v) is 1.62. The maximum absolute atomic E-state index is 11.8. The summed E-state index contributed by atoms with van der Waals surface area (Å²) in [6.45, 7) is -6.96. The van der Waals surface area contributed by atoms with Crippen molar-refractivity contribution in [2.75, 3.05) is 5.32 Å². The predicted octanol–water partition coefficient (Wildman–Crippen LogP) is -0.860. The van der Waals surface area contributed by atoms with Gasteiger partial charge in [-0.15, -0.1) is 0 Å². The van der Waals surface area contributed by atoms with Crippen LogP contribution >= 0.6 is 11.6 Å². The molecule has 0 aliphatic carbocycles. The Morgan fingerprint density at radius 3 is 2.70 bits per heavy atom. The van der Waals surface area contributed by atoms with Gasteiger partial charge in [-0.2, -0.15) is 0 Å². The molecule has 0 aliphatic rings. The van der Waals surface area contributed by atoms with Gasteiger partial charge in [-0.05, 0) is 31.9 Å². The number of hydrogen-bond acceptors (Lipinski definition) is 6. The summed E-state index contributed by atoms with van der Waals surface area (Å²) in [6.07, 6.45) is -5.12. The van der Waals surface area contributed by atoms with Gasteiger partial charge in [-0.25, -0.2) is 13.2 Å². The molecule has 0 spiro atoms. The van der Waals surface area contributed by atoms with Gasteiger partial charge in [0.2, 0.25) is 0 Å². The quantitative estimate of drug-likeness (QED) is 0.435.